The molecule has 0 aliphatic carbocycles. The van der Waals surface area contributed by atoms with E-state index in [2.05, 4.69) is 15.3 Å². The number of hydrogen-bond acceptors (Lipinski definition) is 5. The second-order valence-electron chi connectivity index (χ2n) is 5.54. The third-order valence-electron chi connectivity index (χ3n) is 3.62. The Bertz CT molecular complexity index is 939. The first-order chi connectivity index (χ1) is 12.0. The molecule has 0 fully saturated rings. The number of aromatic nitrogens is 2. The van der Waals surface area contributed by atoms with Crippen LogP contribution in [0.25, 0.3) is 11.0 Å². The van der Waals surface area contributed by atoms with E-state index in [1.54, 1.807) is 30.3 Å². The maximum Gasteiger partial charge on any atom is 0.323 e. The van der Waals surface area contributed by atoms with E-state index in [1.807, 2.05) is 0 Å². The van der Waals surface area contributed by atoms with Crippen LogP contribution < -0.4 is 11.0 Å². The lowest BCUT2D eigenvalue weighted by Crippen LogP contribution is -2.30. The van der Waals surface area contributed by atoms with Crippen LogP contribution >= 0.6 is 0 Å². The minimum Gasteiger partial charge on any atom is -0.469 e. The third kappa shape index (κ3) is 4.17. The number of rotatable bonds is 6. The van der Waals surface area contributed by atoms with Crippen molar-refractivity contribution in [2.24, 2.45) is 0 Å². The number of anilines is 1. The van der Waals surface area contributed by atoms with Crippen LogP contribution in [0, 0.1) is 0 Å². The number of esters is 1. The molecule has 3 aromatic rings. The fourth-order valence-electron chi connectivity index (χ4n) is 2.34. The topological polar surface area (TPSA) is 117 Å². The highest BCUT2D eigenvalue weighted by Crippen LogP contribution is 2.15. The number of carbonyl (C=O) groups excluding carboxylic acids is 2. The van der Waals surface area contributed by atoms with Crippen molar-refractivity contribution in [1.82, 2.24) is 9.97 Å². The summed E-state index contributed by atoms with van der Waals surface area (Å²) in [5.74, 6) is -0.254. The molecule has 1 amide bonds. The van der Waals surface area contributed by atoms with Crippen LogP contribution in [0.15, 0.2) is 45.8 Å². The molecule has 1 atom stereocenters. The smallest absolute Gasteiger partial charge is 0.323 e. The number of hydrogen-bond donors (Lipinski definition) is 3. The van der Waals surface area contributed by atoms with Crippen molar-refractivity contribution in [1.29, 1.82) is 0 Å². The molecule has 0 bridgehead atoms. The summed E-state index contributed by atoms with van der Waals surface area (Å²) in [5, 5.41) is 2.65. The van der Waals surface area contributed by atoms with E-state index in [0.29, 0.717) is 28.9 Å². The number of furan rings is 1. The van der Waals surface area contributed by atoms with E-state index in [4.69, 9.17) is 9.15 Å². The number of H-pyrrole nitrogens is 2. The number of amides is 1. The van der Waals surface area contributed by atoms with E-state index in [0.717, 1.165) is 0 Å². The highest BCUT2D eigenvalue weighted by Gasteiger charge is 2.18. The van der Waals surface area contributed by atoms with Crippen LogP contribution in [-0.2, 0) is 20.7 Å². The molecule has 8 nitrogen and oxygen atoms in total. The average molecular weight is 343 g/mol. The summed E-state index contributed by atoms with van der Waals surface area (Å²) in [4.78, 5) is 40.4. The first-order valence-corrected chi connectivity index (χ1v) is 7.76. The van der Waals surface area contributed by atoms with Crippen molar-refractivity contribution < 1.29 is 18.7 Å². The Morgan fingerprint density at radius 2 is 2.04 bits per heavy atom. The molecule has 2 heterocycles. The van der Waals surface area contributed by atoms with Crippen molar-refractivity contribution in [3.05, 3.63) is 52.8 Å². The number of aryl methyl sites for hydroxylation is 1. The van der Waals surface area contributed by atoms with Crippen LogP contribution in [0.2, 0.25) is 0 Å². The highest BCUT2D eigenvalue weighted by atomic mass is 16.5. The average Bonchev–Trinajstić information content (AvgIpc) is 3.20. The standard InChI is InChI=1S/C17H17N3O5/c1-10(25-15(21)7-5-12-3-2-8-24-12)16(22)18-11-4-6-13-14(9-11)20-17(23)19-13/h2-4,6,8-10H,5,7H2,1H3,(H,18,22)(H2,19,20,23)/t10-/m1/s1. The Hall–Kier alpha value is -3.29. The van der Waals surface area contributed by atoms with Gasteiger partial charge in [0.15, 0.2) is 6.10 Å². The number of benzene rings is 1. The van der Waals surface area contributed by atoms with Gasteiger partial charge in [0, 0.05) is 12.1 Å². The molecule has 0 saturated carbocycles. The molecule has 0 aliphatic heterocycles. The van der Waals surface area contributed by atoms with E-state index in [1.165, 1.54) is 13.2 Å². The van der Waals surface area contributed by atoms with Crippen molar-refractivity contribution in [2.45, 2.75) is 25.9 Å². The molecule has 0 aliphatic rings. The number of imidazole rings is 1. The first kappa shape index (κ1) is 16.6. The van der Waals surface area contributed by atoms with Crippen molar-refractivity contribution in [3.8, 4) is 0 Å². The second-order valence-corrected chi connectivity index (χ2v) is 5.54. The molecular formula is C17H17N3O5. The predicted octanol–water partition coefficient (Wildman–Crippen LogP) is 1.95. The molecule has 3 rings (SSSR count). The molecule has 3 N–H and O–H groups in total. The molecular weight excluding hydrogens is 326 g/mol. The van der Waals surface area contributed by atoms with Gasteiger partial charge in [0.1, 0.15) is 5.76 Å². The SMILES string of the molecule is C[C@@H](OC(=O)CCc1ccco1)C(=O)Nc1ccc2[nH]c(=O)[nH]c2c1. The van der Waals surface area contributed by atoms with E-state index in [-0.39, 0.29) is 12.1 Å². The molecule has 25 heavy (non-hydrogen) atoms. The maximum absolute atomic E-state index is 12.1. The van der Waals surface area contributed by atoms with E-state index >= 15 is 0 Å². The van der Waals surface area contributed by atoms with Crippen LogP contribution in [0.5, 0.6) is 0 Å². The van der Waals surface area contributed by atoms with E-state index < -0.39 is 18.0 Å². The van der Waals surface area contributed by atoms with Crippen molar-refractivity contribution >= 4 is 28.6 Å². The van der Waals surface area contributed by atoms with Crippen molar-refractivity contribution in [3.63, 3.8) is 0 Å². The zero-order chi connectivity index (χ0) is 17.8. The van der Waals surface area contributed by atoms with Gasteiger partial charge in [-0.25, -0.2) is 4.79 Å². The Balaban J connectivity index is 1.54. The molecule has 0 unspecified atom stereocenters. The third-order valence-corrected chi connectivity index (χ3v) is 3.62. The fraction of sp³-hybridized carbons (Fsp3) is 0.235. The lowest BCUT2D eigenvalue weighted by atomic mass is 10.2. The summed E-state index contributed by atoms with van der Waals surface area (Å²) in [7, 11) is 0. The normalized spacial score (nSPS) is 12.0. The van der Waals surface area contributed by atoms with Gasteiger partial charge in [-0.3, -0.25) is 9.59 Å². The largest absolute Gasteiger partial charge is 0.469 e. The van der Waals surface area contributed by atoms with Crippen LogP contribution in [-0.4, -0.2) is 27.9 Å². The zero-order valence-corrected chi connectivity index (χ0v) is 13.5. The maximum atomic E-state index is 12.1. The lowest BCUT2D eigenvalue weighted by Gasteiger charge is -2.13. The van der Waals surface area contributed by atoms with Gasteiger partial charge >= 0.3 is 11.7 Å². The predicted molar refractivity (Wildman–Crippen MR) is 90.1 cm³/mol. The van der Waals surface area contributed by atoms with Gasteiger partial charge in [-0.2, -0.15) is 0 Å². The molecule has 2 aromatic heterocycles. The van der Waals surface area contributed by atoms with Gasteiger partial charge in [0.25, 0.3) is 5.91 Å². The molecule has 1 aromatic carbocycles. The Kier molecular flexibility index (Phi) is 4.69. The number of fused-ring (bicyclic) bond motifs is 1. The zero-order valence-electron chi connectivity index (χ0n) is 13.5. The number of nitrogens with one attached hydrogen (secondary N) is 3. The van der Waals surface area contributed by atoms with E-state index in [9.17, 15) is 14.4 Å². The number of carbonyl (C=O) groups is 2. The molecule has 130 valence electrons. The number of aromatic amines is 2. The summed E-state index contributed by atoms with van der Waals surface area (Å²) in [5.41, 5.74) is 1.38. The molecule has 0 spiro atoms. The quantitative estimate of drug-likeness (QED) is 0.591. The summed E-state index contributed by atoms with van der Waals surface area (Å²) >= 11 is 0. The summed E-state index contributed by atoms with van der Waals surface area (Å²) in [6.07, 6.45) is 1.13. The van der Waals surface area contributed by atoms with Gasteiger partial charge in [0.2, 0.25) is 0 Å². The van der Waals surface area contributed by atoms with Gasteiger partial charge in [-0.15, -0.1) is 0 Å². The summed E-state index contributed by atoms with van der Waals surface area (Å²) in [6, 6.07) is 8.45. The van der Waals surface area contributed by atoms with Gasteiger partial charge in [-0.1, -0.05) is 0 Å². The van der Waals surface area contributed by atoms with Gasteiger partial charge in [-0.05, 0) is 37.3 Å². The van der Waals surface area contributed by atoms with Gasteiger partial charge in [0.05, 0.1) is 23.7 Å². The van der Waals surface area contributed by atoms with Gasteiger partial charge < -0.3 is 24.4 Å². The fourth-order valence-corrected chi connectivity index (χ4v) is 2.34. The summed E-state index contributed by atoms with van der Waals surface area (Å²) < 4.78 is 10.3. The first-order valence-electron chi connectivity index (χ1n) is 7.76. The Morgan fingerprint density at radius 1 is 1.24 bits per heavy atom. The Morgan fingerprint density at radius 3 is 2.80 bits per heavy atom. The van der Waals surface area contributed by atoms with Crippen molar-refractivity contribution in [2.75, 3.05) is 5.32 Å². The lowest BCUT2D eigenvalue weighted by molar-refractivity contribution is -0.153. The van der Waals surface area contributed by atoms with Crippen LogP contribution in [0.3, 0.4) is 0 Å². The monoisotopic (exact) mass is 343 g/mol. The van der Waals surface area contributed by atoms with Crippen LogP contribution in [0.1, 0.15) is 19.1 Å². The van der Waals surface area contributed by atoms with Crippen LogP contribution in [0.4, 0.5) is 5.69 Å². The molecule has 8 heteroatoms. The second kappa shape index (κ2) is 7.08. The molecule has 0 radical (unpaired) electrons. The number of ether oxygens (including phenoxy) is 1. The molecule has 0 saturated heterocycles. The Labute approximate surface area is 142 Å². The minimum absolute atomic E-state index is 0.127. The highest BCUT2D eigenvalue weighted by molar-refractivity contribution is 5.96. The minimum atomic E-state index is -0.940. The summed E-state index contributed by atoms with van der Waals surface area (Å²) in [6.45, 7) is 1.50.